The molecular weight excluding hydrogens is 353 g/mol. The van der Waals surface area contributed by atoms with Crippen LogP contribution in [0.2, 0.25) is 0 Å². The van der Waals surface area contributed by atoms with Gasteiger partial charge in [0.25, 0.3) is 0 Å². The summed E-state index contributed by atoms with van der Waals surface area (Å²) in [6, 6.07) is 7.44. The number of anilines is 1. The van der Waals surface area contributed by atoms with E-state index < -0.39 is 0 Å². The van der Waals surface area contributed by atoms with Crippen molar-refractivity contribution in [3.8, 4) is 0 Å². The molecule has 4 rings (SSSR count). The summed E-state index contributed by atoms with van der Waals surface area (Å²) >= 11 is 0. The van der Waals surface area contributed by atoms with E-state index in [2.05, 4.69) is 28.5 Å². The van der Waals surface area contributed by atoms with Gasteiger partial charge < -0.3 is 9.80 Å². The number of carbonyl (C=O) groups excluding carboxylic acids is 1. The standard InChI is InChI=1S/C23H34FN3O/c1-23(2)16-21-20(27(23)19-10-7-9-18(24)15-19)11-8-14-26(21)22(28)17-25-12-5-3-4-6-13-25/h7,9-10,15,20-21H,3-6,8,11-14,16-17H2,1-2H3/t20-,21-/m0/s1. The third-order valence-electron chi connectivity index (χ3n) is 6.90. The van der Waals surface area contributed by atoms with E-state index in [4.69, 9.17) is 0 Å². The molecule has 0 radical (unpaired) electrons. The van der Waals surface area contributed by atoms with Gasteiger partial charge in [-0.25, -0.2) is 4.39 Å². The van der Waals surface area contributed by atoms with Crippen molar-refractivity contribution in [1.82, 2.24) is 9.80 Å². The van der Waals surface area contributed by atoms with Gasteiger partial charge in [0.15, 0.2) is 0 Å². The first-order valence-electron chi connectivity index (χ1n) is 11.0. The number of rotatable bonds is 3. The molecule has 0 N–H and O–H groups in total. The lowest BCUT2D eigenvalue weighted by atomic mass is 9.94. The first kappa shape index (κ1) is 19.7. The summed E-state index contributed by atoms with van der Waals surface area (Å²) in [5.41, 5.74) is 0.855. The van der Waals surface area contributed by atoms with E-state index in [1.165, 1.54) is 31.7 Å². The summed E-state index contributed by atoms with van der Waals surface area (Å²) in [5.74, 6) is 0.0927. The number of fused-ring (bicyclic) bond motifs is 1. The molecule has 4 nitrogen and oxygen atoms in total. The third kappa shape index (κ3) is 3.91. The van der Waals surface area contributed by atoms with Gasteiger partial charge in [-0.05, 0) is 77.2 Å². The zero-order valence-corrected chi connectivity index (χ0v) is 17.4. The van der Waals surface area contributed by atoms with E-state index in [-0.39, 0.29) is 29.3 Å². The van der Waals surface area contributed by atoms with Crippen molar-refractivity contribution in [2.75, 3.05) is 31.1 Å². The molecule has 3 heterocycles. The van der Waals surface area contributed by atoms with Crippen LogP contribution in [0, 0.1) is 5.82 Å². The molecule has 1 aromatic carbocycles. The van der Waals surface area contributed by atoms with Gasteiger partial charge in [-0.15, -0.1) is 0 Å². The van der Waals surface area contributed by atoms with Gasteiger partial charge in [0.1, 0.15) is 5.82 Å². The molecule has 154 valence electrons. The Bertz CT molecular complexity index is 699. The lowest BCUT2D eigenvalue weighted by Crippen LogP contribution is -2.54. The molecule has 0 aromatic heterocycles. The number of hydrogen-bond acceptors (Lipinski definition) is 3. The Labute approximate surface area is 168 Å². The fourth-order valence-electron chi connectivity index (χ4n) is 5.70. The molecule has 1 amide bonds. The van der Waals surface area contributed by atoms with Crippen molar-refractivity contribution >= 4 is 11.6 Å². The third-order valence-corrected chi connectivity index (χ3v) is 6.90. The van der Waals surface area contributed by atoms with Gasteiger partial charge in [0.05, 0.1) is 18.6 Å². The number of hydrogen-bond donors (Lipinski definition) is 0. The molecule has 0 saturated carbocycles. The highest BCUT2D eigenvalue weighted by molar-refractivity contribution is 5.79. The van der Waals surface area contributed by atoms with Crippen molar-refractivity contribution < 1.29 is 9.18 Å². The highest BCUT2D eigenvalue weighted by atomic mass is 19.1. The summed E-state index contributed by atoms with van der Waals surface area (Å²) in [7, 11) is 0. The Morgan fingerprint density at radius 1 is 1.07 bits per heavy atom. The molecule has 28 heavy (non-hydrogen) atoms. The Hall–Kier alpha value is -1.62. The number of benzene rings is 1. The second kappa shape index (κ2) is 8.02. The van der Waals surface area contributed by atoms with Gasteiger partial charge in [0, 0.05) is 17.8 Å². The molecule has 1 aromatic rings. The minimum atomic E-state index is -0.193. The van der Waals surface area contributed by atoms with Crippen molar-refractivity contribution in [2.45, 2.75) is 76.4 Å². The number of halogens is 1. The van der Waals surface area contributed by atoms with Crippen LogP contribution in [0.5, 0.6) is 0 Å². The molecule has 0 unspecified atom stereocenters. The molecule has 0 bridgehead atoms. The minimum Gasteiger partial charge on any atom is -0.361 e. The molecule has 2 atom stereocenters. The van der Waals surface area contributed by atoms with E-state index in [0.29, 0.717) is 6.54 Å². The maximum atomic E-state index is 13.9. The Kier molecular flexibility index (Phi) is 5.64. The largest absolute Gasteiger partial charge is 0.361 e. The van der Waals surface area contributed by atoms with Crippen LogP contribution in [-0.2, 0) is 4.79 Å². The van der Waals surface area contributed by atoms with Crippen LogP contribution in [0.15, 0.2) is 24.3 Å². The summed E-state index contributed by atoms with van der Waals surface area (Å²) in [6.45, 7) is 7.98. The Morgan fingerprint density at radius 3 is 2.54 bits per heavy atom. The van der Waals surface area contributed by atoms with E-state index in [1.807, 2.05) is 6.07 Å². The zero-order valence-electron chi connectivity index (χ0n) is 17.4. The van der Waals surface area contributed by atoms with Gasteiger partial charge in [-0.2, -0.15) is 0 Å². The predicted molar refractivity (Wildman–Crippen MR) is 111 cm³/mol. The lowest BCUT2D eigenvalue weighted by molar-refractivity contribution is -0.136. The van der Waals surface area contributed by atoms with Crippen molar-refractivity contribution in [3.05, 3.63) is 30.1 Å². The zero-order chi connectivity index (χ0) is 19.7. The predicted octanol–water partition coefficient (Wildman–Crippen LogP) is 4.05. The molecule has 0 spiro atoms. The number of likely N-dealkylation sites (tertiary alicyclic amines) is 2. The van der Waals surface area contributed by atoms with E-state index in [1.54, 1.807) is 12.1 Å². The summed E-state index contributed by atoms with van der Waals surface area (Å²) in [6.07, 6.45) is 8.03. The lowest BCUT2D eigenvalue weighted by Gasteiger charge is -2.42. The Balaban J connectivity index is 1.52. The summed E-state index contributed by atoms with van der Waals surface area (Å²) < 4.78 is 13.9. The molecule has 3 saturated heterocycles. The number of piperidine rings is 1. The van der Waals surface area contributed by atoms with Crippen molar-refractivity contribution in [2.24, 2.45) is 0 Å². The quantitative estimate of drug-likeness (QED) is 0.783. The molecular formula is C23H34FN3O. The molecule has 3 fully saturated rings. The monoisotopic (exact) mass is 387 g/mol. The average molecular weight is 388 g/mol. The van der Waals surface area contributed by atoms with Gasteiger partial charge in [-0.1, -0.05) is 18.9 Å². The topological polar surface area (TPSA) is 26.8 Å². The van der Waals surface area contributed by atoms with E-state index in [9.17, 15) is 9.18 Å². The molecule has 0 aliphatic carbocycles. The van der Waals surface area contributed by atoms with Crippen LogP contribution in [0.4, 0.5) is 10.1 Å². The van der Waals surface area contributed by atoms with Crippen LogP contribution < -0.4 is 4.90 Å². The van der Waals surface area contributed by atoms with E-state index >= 15 is 0 Å². The minimum absolute atomic E-state index is 0.0887. The molecule has 5 heteroatoms. The first-order chi connectivity index (χ1) is 13.5. The van der Waals surface area contributed by atoms with Crippen molar-refractivity contribution in [3.63, 3.8) is 0 Å². The number of carbonyl (C=O) groups is 1. The van der Waals surface area contributed by atoms with Crippen LogP contribution in [0.3, 0.4) is 0 Å². The maximum Gasteiger partial charge on any atom is 0.237 e. The van der Waals surface area contributed by atoms with Gasteiger partial charge in [0.2, 0.25) is 5.91 Å². The maximum absolute atomic E-state index is 13.9. The first-order valence-corrected chi connectivity index (χ1v) is 11.0. The van der Waals surface area contributed by atoms with Crippen LogP contribution in [-0.4, -0.2) is 59.5 Å². The van der Waals surface area contributed by atoms with Gasteiger partial charge >= 0.3 is 0 Å². The fourth-order valence-corrected chi connectivity index (χ4v) is 5.70. The second-order valence-corrected chi connectivity index (χ2v) is 9.42. The second-order valence-electron chi connectivity index (χ2n) is 9.42. The highest BCUT2D eigenvalue weighted by Crippen LogP contribution is 2.43. The summed E-state index contributed by atoms with van der Waals surface area (Å²) in [4.78, 5) is 20.1. The molecule has 3 aliphatic heterocycles. The fraction of sp³-hybridized carbons (Fsp3) is 0.696. The summed E-state index contributed by atoms with van der Waals surface area (Å²) in [5, 5.41) is 0. The van der Waals surface area contributed by atoms with Gasteiger partial charge in [-0.3, -0.25) is 9.69 Å². The normalized spacial score (nSPS) is 28.1. The van der Waals surface area contributed by atoms with Crippen molar-refractivity contribution in [1.29, 1.82) is 0 Å². The number of nitrogens with zero attached hydrogens (tertiary/aromatic N) is 3. The SMILES string of the molecule is CC1(C)C[C@H]2[C@H](CCCN2C(=O)CN2CCCCCC2)N1c1cccc(F)c1. The van der Waals surface area contributed by atoms with Crippen LogP contribution >= 0.6 is 0 Å². The van der Waals surface area contributed by atoms with E-state index in [0.717, 1.165) is 44.6 Å². The smallest absolute Gasteiger partial charge is 0.237 e. The highest BCUT2D eigenvalue weighted by Gasteiger charge is 2.50. The van der Waals surface area contributed by atoms with Crippen LogP contribution in [0.25, 0.3) is 0 Å². The average Bonchev–Trinajstić information content (AvgIpc) is 2.78. The molecule has 3 aliphatic rings. The Morgan fingerprint density at radius 2 is 1.82 bits per heavy atom. The number of amides is 1. The van der Waals surface area contributed by atoms with Crippen LogP contribution in [0.1, 0.15) is 58.8 Å².